The minimum atomic E-state index is -0.255. The van der Waals surface area contributed by atoms with E-state index in [0.29, 0.717) is 26.0 Å². The first kappa shape index (κ1) is 17.1. The van der Waals surface area contributed by atoms with Crippen molar-refractivity contribution in [3.05, 3.63) is 23.8 Å². The van der Waals surface area contributed by atoms with E-state index in [1.54, 1.807) is 11.9 Å². The number of fused-ring (bicyclic) bond motifs is 1. The third kappa shape index (κ3) is 4.87. The number of anilines is 1. The number of nitrogens with zero attached hydrogens (tertiary/aromatic N) is 1. The van der Waals surface area contributed by atoms with Crippen LogP contribution in [-0.2, 0) is 11.2 Å². The van der Waals surface area contributed by atoms with Crippen molar-refractivity contribution in [1.82, 2.24) is 10.6 Å². The summed E-state index contributed by atoms with van der Waals surface area (Å²) in [6.45, 7) is 6.74. The molecule has 1 aromatic rings. The summed E-state index contributed by atoms with van der Waals surface area (Å²) < 4.78 is 5.60. The summed E-state index contributed by atoms with van der Waals surface area (Å²) in [6, 6.07) is 5.62. The minimum Gasteiger partial charge on any atom is -0.491 e. The summed E-state index contributed by atoms with van der Waals surface area (Å²) in [5, 5.41) is 5.69. The van der Waals surface area contributed by atoms with Crippen LogP contribution in [0.1, 0.15) is 32.8 Å². The van der Waals surface area contributed by atoms with Gasteiger partial charge in [-0.05, 0) is 44.9 Å². The predicted molar refractivity (Wildman–Crippen MR) is 90.0 cm³/mol. The van der Waals surface area contributed by atoms with Crippen LogP contribution in [0, 0.1) is 0 Å². The highest BCUT2D eigenvalue weighted by Gasteiger charge is 2.20. The lowest BCUT2D eigenvalue weighted by Crippen LogP contribution is -2.46. The second kappa shape index (κ2) is 6.89. The first-order chi connectivity index (χ1) is 10.8. The largest absolute Gasteiger partial charge is 0.491 e. The van der Waals surface area contributed by atoms with Crippen molar-refractivity contribution in [3.63, 3.8) is 0 Å². The summed E-state index contributed by atoms with van der Waals surface area (Å²) in [7, 11) is 1.76. The zero-order valence-corrected chi connectivity index (χ0v) is 14.2. The monoisotopic (exact) mass is 319 g/mol. The maximum absolute atomic E-state index is 11.9. The van der Waals surface area contributed by atoms with Gasteiger partial charge in [0.1, 0.15) is 5.75 Å². The third-order valence-corrected chi connectivity index (χ3v) is 3.52. The molecule has 0 bridgehead atoms. The van der Waals surface area contributed by atoms with Gasteiger partial charge in [0, 0.05) is 19.1 Å². The summed E-state index contributed by atoms with van der Waals surface area (Å²) in [4.78, 5) is 25.3. The van der Waals surface area contributed by atoms with Gasteiger partial charge in [-0.2, -0.15) is 0 Å². The van der Waals surface area contributed by atoms with E-state index < -0.39 is 0 Å². The number of carbonyl (C=O) groups is 2. The van der Waals surface area contributed by atoms with Gasteiger partial charge in [-0.15, -0.1) is 0 Å². The van der Waals surface area contributed by atoms with E-state index in [0.717, 1.165) is 17.0 Å². The molecule has 3 amide bonds. The maximum atomic E-state index is 11.9. The molecule has 6 nitrogen and oxygen atoms in total. The highest BCUT2D eigenvalue weighted by atomic mass is 16.5. The van der Waals surface area contributed by atoms with Gasteiger partial charge in [0.05, 0.1) is 18.7 Å². The molecule has 0 aromatic heterocycles. The molecule has 23 heavy (non-hydrogen) atoms. The third-order valence-electron chi connectivity index (χ3n) is 3.52. The molecule has 1 heterocycles. The number of benzene rings is 1. The number of rotatable bonds is 3. The van der Waals surface area contributed by atoms with Gasteiger partial charge in [0.25, 0.3) is 0 Å². The molecule has 126 valence electrons. The molecule has 0 saturated heterocycles. The average Bonchev–Trinajstić information content (AvgIpc) is 2.58. The average molecular weight is 319 g/mol. The lowest BCUT2D eigenvalue weighted by molar-refractivity contribution is -0.118. The molecular weight excluding hydrogens is 294 g/mol. The topological polar surface area (TPSA) is 70.7 Å². The molecule has 1 aliphatic rings. The number of nitrogens with one attached hydrogen (secondary N) is 2. The second-order valence-corrected chi connectivity index (χ2v) is 6.73. The van der Waals surface area contributed by atoms with Crippen LogP contribution >= 0.6 is 0 Å². The number of hydrogen-bond acceptors (Lipinski definition) is 3. The Kier molecular flexibility index (Phi) is 5.13. The normalized spacial score (nSPS) is 14.6. The molecule has 0 spiro atoms. The van der Waals surface area contributed by atoms with Crippen molar-refractivity contribution in [2.24, 2.45) is 0 Å². The number of urea groups is 1. The standard InChI is InChI=1S/C17H25N3O3/c1-17(2,3)19-16(22)18-9-7-12-5-6-14-13(11-12)20(4)15(21)8-10-23-14/h5-6,11H,7-10H2,1-4H3,(H2,18,19,22). The van der Waals surface area contributed by atoms with Gasteiger partial charge >= 0.3 is 6.03 Å². The van der Waals surface area contributed by atoms with E-state index in [2.05, 4.69) is 10.6 Å². The number of hydrogen-bond donors (Lipinski definition) is 2. The molecule has 0 saturated carbocycles. The second-order valence-electron chi connectivity index (χ2n) is 6.73. The Balaban J connectivity index is 1.96. The Morgan fingerprint density at radius 1 is 1.35 bits per heavy atom. The molecular formula is C17H25N3O3. The van der Waals surface area contributed by atoms with Crippen LogP contribution in [0.4, 0.5) is 10.5 Å². The van der Waals surface area contributed by atoms with Gasteiger partial charge in [0.15, 0.2) is 0 Å². The van der Waals surface area contributed by atoms with Crippen LogP contribution in [0.25, 0.3) is 0 Å². The summed E-state index contributed by atoms with van der Waals surface area (Å²) >= 11 is 0. The van der Waals surface area contributed by atoms with E-state index in [1.807, 2.05) is 39.0 Å². The molecule has 2 rings (SSSR count). The molecule has 0 atom stereocenters. The first-order valence-electron chi connectivity index (χ1n) is 7.84. The van der Waals surface area contributed by atoms with E-state index in [1.165, 1.54) is 0 Å². The lowest BCUT2D eigenvalue weighted by Gasteiger charge is -2.21. The Bertz CT molecular complexity index is 593. The molecule has 1 aromatic carbocycles. The Morgan fingerprint density at radius 3 is 2.78 bits per heavy atom. The fraction of sp³-hybridized carbons (Fsp3) is 0.529. The fourth-order valence-corrected chi connectivity index (χ4v) is 2.36. The Morgan fingerprint density at radius 2 is 2.09 bits per heavy atom. The molecule has 0 unspecified atom stereocenters. The molecule has 2 N–H and O–H groups in total. The van der Waals surface area contributed by atoms with E-state index in [4.69, 9.17) is 4.74 Å². The highest BCUT2D eigenvalue weighted by Crippen LogP contribution is 2.31. The molecule has 0 fully saturated rings. The van der Waals surface area contributed by atoms with Crippen molar-refractivity contribution >= 4 is 17.6 Å². The van der Waals surface area contributed by atoms with E-state index in [9.17, 15) is 9.59 Å². The van der Waals surface area contributed by atoms with Crippen LogP contribution in [0.15, 0.2) is 18.2 Å². The van der Waals surface area contributed by atoms with Crippen LogP contribution < -0.4 is 20.3 Å². The Labute approximate surface area is 137 Å². The van der Waals surface area contributed by atoms with Crippen molar-refractivity contribution < 1.29 is 14.3 Å². The summed E-state index contributed by atoms with van der Waals surface area (Å²) in [5.74, 6) is 0.768. The van der Waals surface area contributed by atoms with Gasteiger partial charge in [-0.3, -0.25) is 4.79 Å². The number of amides is 3. The van der Waals surface area contributed by atoms with Crippen molar-refractivity contribution in [3.8, 4) is 5.75 Å². The van der Waals surface area contributed by atoms with Crippen LogP contribution in [0.2, 0.25) is 0 Å². The SMILES string of the molecule is CN1C(=O)CCOc2ccc(CCNC(=O)NC(C)(C)C)cc21. The van der Waals surface area contributed by atoms with Gasteiger partial charge < -0.3 is 20.3 Å². The number of ether oxygens (including phenoxy) is 1. The van der Waals surface area contributed by atoms with Crippen LogP contribution in [0.3, 0.4) is 0 Å². The minimum absolute atomic E-state index is 0.0450. The fourth-order valence-electron chi connectivity index (χ4n) is 2.36. The van der Waals surface area contributed by atoms with Gasteiger partial charge in [-0.25, -0.2) is 4.79 Å². The van der Waals surface area contributed by atoms with Crippen LogP contribution in [0.5, 0.6) is 5.75 Å². The smallest absolute Gasteiger partial charge is 0.315 e. The van der Waals surface area contributed by atoms with Crippen molar-refractivity contribution in [2.75, 3.05) is 25.1 Å². The zero-order chi connectivity index (χ0) is 17.0. The van der Waals surface area contributed by atoms with E-state index >= 15 is 0 Å². The molecule has 1 aliphatic heterocycles. The number of carbonyl (C=O) groups excluding carboxylic acids is 2. The zero-order valence-electron chi connectivity index (χ0n) is 14.2. The predicted octanol–water partition coefficient (Wildman–Crippen LogP) is 2.07. The lowest BCUT2D eigenvalue weighted by atomic mass is 10.1. The van der Waals surface area contributed by atoms with Crippen molar-refractivity contribution in [1.29, 1.82) is 0 Å². The molecule has 0 aliphatic carbocycles. The van der Waals surface area contributed by atoms with Gasteiger partial charge in [-0.1, -0.05) is 6.07 Å². The highest BCUT2D eigenvalue weighted by molar-refractivity contribution is 5.95. The quantitative estimate of drug-likeness (QED) is 0.896. The molecule has 0 radical (unpaired) electrons. The van der Waals surface area contributed by atoms with E-state index in [-0.39, 0.29) is 17.5 Å². The summed E-state index contributed by atoms with van der Waals surface area (Å²) in [5.41, 5.74) is 1.57. The Hall–Kier alpha value is -2.24. The first-order valence-corrected chi connectivity index (χ1v) is 7.84. The summed E-state index contributed by atoms with van der Waals surface area (Å²) in [6.07, 6.45) is 1.07. The van der Waals surface area contributed by atoms with Crippen molar-refractivity contribution in [2.45, 2.75) is 39.2 Å². The maximum Gasteiger partial charge on any atom is 0.315 e. The van der Waals surface area contributed by atoms with Crippen LogP contribution in [-0.4, -0.2) is 37.7 Å². The molecule has 6 heteroatoms. The van der Waals surface area contributed by atoms with Gasteiger partial charge in [0.2, 0.25) is 5.91 Å².